The highest BCUT2D eigenvalue weighted by Crippen LogP contribution is 2.44. The maximum absolute atomic E-state index is 13.2. The van der Waals surface area contributed by atoms with Crippen molar-refractivity contribution in [3.63, 3.8) is 0 Å². The Labute approximate surface area is 202 Å². The number of aromatic nitrogens is 2. The standard InChI is InChI=1S/C26H38N6O2/c1-17(2)21-14-30(11-12-32(21)22(33)15-31-10-6-9-28-31)26(5)24(27)19-13-25(3,4)34-16-20(19)23(29-26)18-7-8-18/h6,9-10,17-18,21,27H,7-8,11-16H2,1-5H3. The van der Waals surface area contributed by atoms with Crippen molar-refractivity contribution in [2.24, 2.45) is 16.8 Å². The van der Waals surface area contributed by atoms with Gasteiger partial charge in [-0.05, 0) is 51.2 Å². The van der Waals surface area contributed by atoms with E-state index in [1.165, 1.54) is 18.6 Å². The predicted octanol–water partition coefficient (Wildman–Crippen LogP) is 3.15. The van der Waals surface area contributed by atoms with E-state index in [0.717, 1.165) is 17.6 Å². The molecule has 1 amide bonds. The predicted molar refractivity (Wildman–Crippen MR) is 132 cm³/mol. The first-order valence-corrected chi connectivity index (χ1v) is 12.7. The number of ether oxygens (including phenoxy) is 1. The fourth-order valence-corrected chi connectivity index (χ4v) is 5.68. The van der Waals surface area contributed by atoms with Gasteiger partial charge in [-0.25, -0.2) is 0 Å². The van der Waals surface area contributed by atoms with Crippen LogP contribution in [0.1, 0.15) is 53.9 Å². The molecule has 4 heterocycles. The average Bonchev–Trinajstić information content (AvgIpc) is 3.51. The second-order valence-electron chi connectivity index (χ2n) is 11.4. The highest BCUT2D eigenvalue weighted by molar-refractivity contribution is 6.18. The molecule has 0 spiro atoms. The van der Waals surface area contributed by atoms with E-state index in [2.05, 4.69) is 44.6 Å². The molecule has 3 aliphatic heterocycles. The summed E-state index contributed by atoms with van der Waals surface area (Å²) in [6.07, 6.45) is 6.63. The van der Waals surface area contributed by atoms with Crippen LogP contribution in [0, 0.1) is 17.2 Å². The summed E-state index contributed by atoms with van der Waals surface area (Å²) < 4.78 is 7.83. The van der Waals surface area contributed by atoms with E-state index in [1.807, 2.05) is 17.2 Å². The zero-order valence-corrected chi connectivity index (χ0v) is 21.2. The Morgan fingerprint density at radius 2 is 2.00 bits per heavy atom. The van der Waals surface area contributed by atoms with Crippen LogP contribution in [0.4, 0.5) is 0 Å². The monoisotopic (exact) mass is 466 g/mol. The summed E-state index contributed by atoms with van der Waals surface area (Å²) in [5.41, 5.74) is 3.11. The minimum atomic E-state index is -0.700. The van der Waals surface area contributed by atoms with Crippen LogP contribution in [0.2, 0.25) is 0 Å². The molecular formula is C26H38N6O2. The van der Waals surface area contributed by atoms with Gasteiger partial charge in [0.25, 0.3) is 0 Å². The van der Waals surface area contributed by atoms with Crippen LogP contribution in [-0.4, -0.2) is 80.5 Å². The molecule has 8 nitrogen and oxygen atoms in total. The molecule has 0 aromatic carbocycles. The topological polar surface area (TPSA) is 86.8 Å². The van der Waals surface area contributed by atoms with Crippen LogP contribution in [0.25, 0.3) is 0 Å². The second kappa shape index (κ2) is 8.41. The Kier molecular flexibility index (Phi) is 5.80. The van der Waals surface area contributed by atoms with Crippen molar-refractivity contribution in [2.45, 2.75) is 77.7 Å². The molecule has 1 N–H and O–H groups in total. The van der Waals surface area contributed by atoms with E-state index < -0.39 is 5.66 Å². The van der Waals surface area contributed by atoms with Gasteiger partial charge in [-0.15, -0.1) is 0 Å². The molecule has 2 fully saturated rings. The van der Waals surface area contributed by atoms with Gasteiger partial charge in [0.2, 0.25) is 5.91 Å². The van der Waals surface area contributed by atoms with Crippen molar-refractivity contribution in [2.75, 3.05) is 26.2 Å². The fraction of sp³-hybridized carbons (Fsp3) is 0.692. The lowest BCUT2D eigenvalue weighted by Gasteiger charge is -2.51. The van der Waals surface area contributed by atoms with Gasteiger partial charge in [0.15, 0.2) is 5.66 Å². The third-order valence-electron chi connectivity index (χ3n) is 7.94. The molecule has 1 saturated heterocycles. The molecule has 1 aromatic rings. The number of amides is 1. The summed E-state index contributed by atoms with van der Waals surface area (Å²) in [5.74, 6) is 0.902. The van der Waals surface area contributed by atoms with Gasteiger partial charge < -0.3 is 15.0 Å². The van der Waals surface area contributed by atoms with Crippen LogP contribution in [0.5, 0.6) is 0 Å². The SMILES string of the molecule is CC(C)C1CN(C2(C)N=C(C3CC3)C3=C(CC(C)(C)OC3)C2=N)CCN1C(=O)Cn1cccn1. The van der Waals surface area contributed by atoms with Gasteiger partial charge >= 0.3 is 0 Å². The van der Waals surface area contributed by atoms with Gasteiger partial charge in [-0.1, -0.05) is 13.8 Å². The van der Waals surface area contributed by atoms with Crippen molar-refractivity contribution in [1.82, 2.24) is 19.6 Å². The number of carbonyl (C=O) groups is 1. The van der Waals surface area contributed by atoms with Crippen LogP contribution in [0.15, 0.2) is 34.6 Å². The number of rotatable bonds is 5. The zero-order valence-electron chi connectivity index (χ0n) is 21.2. The van der Waals surface area contributed by atoms with Crippen molar-refractivity contribution in [3.8, 4) is 0 Å². The molecular weight excluding hydrogens is 428 g/mol. The number of hydrogen-bond acceptors (Lipinski definition) is 6. The highest BCUT2D eigenvalue weighted by atomic mass is 16.5. The van der Waals surface area contributed by atoms with E-state index in [0.29, 0.717) is 43.8 Å². The molecule has 5 rings (SSSR count). The maximum Gasteiger partial charge on any atom is 0.244 e. The summed E-state index contributed by atoms with van der Waals surface area (Å²) in [4.78, 5) is 22.8. The van der Waals surface area contributed by atoms with Crippen LogP contribution in [0.3, 0.4) is 0 Å². The molecule has 8 heteroatoms. The Bertz CT molecular complexity index is 1040. The number of nitrogens with zero attached hydrogens (tertiary/aromatic N) is 5. The van der Waals surface area contributed by atoms with Crippen molar-refractivity contribution in [3.05, 3.63) is 29.6 Å². The molecule has 184 valence electrons. The number of hydrogen-bond donors (Lipinski definition) is 1. The van der Waals surface area contributed by atoms with Crippen molar-refractivity contribution in [1.29, 1.82) is 5.41 Å². The van der Waals surface area contributed by atoms with E-state index in [4.69, 9.17) is 9.73 Å². The normalized spacial score (nSPS) is 29.9. The minimum absolute atomic E-state index is 0.0718. The van der Waals surface area contributed by atoms with E-state index in [1.54, 1.807) is 10.9 Å². The third-order valence-corrected chi connectivity index (χ3v) is 7.94. The van der Waals surface area contributed by atoms with E-state index >= 15 is 0 Å². The lowest BCUT2D eigenvalue weighted by atomic mass is 9.79. The number of piperazine rings is 1. The van der Waals surface area contributed by atoms with E-state index in [-0.39, 0.29) is 24.1 Å². The lowest BCUT2D eigenvalue weighted by Crippen LogP contribution is -2.65. The van der Waals surface area contributed by atoms with Crippen LogP contribution < -0.4 is 0 Å². The Hall–Kier alpha value is -2.32. The van der Waals surface area contributed by atoms with E-state index in [9.17, 15) is 10.2 Å². The molecule has 2 atom stereocenters. The molecule has 4 aliphatic rings. The number of nitrogens with one attached hydrogen (secondary N) is 1. The molecule has 2 unspecified atom stereocenters. The lowest BCUT2D eigenvalue weighted by molar-refractivity contribution is -0.139. The Balaban J connectivity index is 1.41. The molecule has 1 aliphatic carbocycles. The summed E-state index contributed by atoms with van der Waals surface area (Å²) in [7, 11) is 0. The minimum Gasteiger partial charge on any atom is -0.370 e. The summed E-state index contributed by atoms with van der Waals surface area (Å²) in [6, 6.07) is 1.92. The van der Waals surface area contributed by atoms with Crippen LogP contribution in [-0.2, 0) is 16.1 Å². The highest BCUT2D eigenvalue weighted by Gasteiger charge is 2.49. The second-order valence-corrected chi connectivity index (χ2v) is 11.4. The average molecular weight is 467 g/mol. The summed E-state index contributed by atoms with van der Waals surface area (Å²) in [6.45, 7) is 13.6. The first-order valence-electron chi connectivity index (χ1n) is 12.7. The van der Waals surface area contributed by atoms with Crippen molar-refractivity contribution >= 4 is 17.3 Å². The van der Waals surface area contributed by atoms with Crippen molar-refractivity contribution < 1.29 is 9.53 Å². The largest absolute Gasteiger partial charge is 0.370 e. The first kappa shape index (κ1) is 23.4. The first-order chi connectivity index (χ1) is 16.1. The molecule has 0 radical (unpaired) electrons. The van der Waals surface area contributed by atoms with Crippen LogP contribution >= 0.6 is 0 Å². The van der Waals surface area contributed by atoms with Gasteiger partial charge in [-0.2, -0.15) is 5.10 Å². The van der Waals surface area contributed by atoms with Gasteiger partial charge in [-0.3, -0.25) is 19.4 Å². The quantitative estimate of drug-likeness (QED) is 0.722. The molecule has 1 aromatic heterocycles. The zero-order chi connectivity index (χ0) is 24.3. The molecule has 0 bridgehead atoms. The number of dihydropyridines is 1. The Morgan fingerprint density at radius 3 is 2.65 bits per heavy atom. The van der Waals surface area contributed by atoms with Gasteiger partial charge in [0.05, 0.1) is 17.9 Å². The van der Waals surface area contributed by atoms with Gasteiger partial charge in [0.1, 0.15) is 6.54 Å². The molecule has 1 saturated carbocycles. The van der Waals surface area contributed by atoms with Gasteiger partial charge in [0, 0.05) is 61.7 Å². The number of carbonyl (C=O) groups excluding carboxylic acids is 1. The summed E-state index contributed by atoms with van der Waals surface area (Å²) >= 11 is 0. The fourth-order valence-electron chi connectivity index (χ4n) is 5.68. The smallest absolute Gasteiger partial charge is 0.244 e. The third kappa shape index (κ3) is 4.15. The summed E-state index contributed by atoms with van der Waals surface area (Å²) in [5, 5.41) is 13.5. The maximum atomic E-state index is 13.2. The Morgan fingerprint density at radius 1 is 1.24 bits per heavy atom. The molecule has 34 heavy (non-hydrogen) atoms. The number of aliphatic imine (C=N–C) groups is 1.